The van der Waals surface area contributed by atoms with Crippen LogP contribution in [0.15, 0.2) is 0 Å². The fourth-order valence-corrected chi connectivity index (χ4v) is 2.27. The van der Waals surface area contributed by atoms with Crippen LogP contribution >= 0.6 is 0 Å². The van der Waals surface area contributed by atoms with Crippen molar-refractivity contribution in [3.63, 3.8) is 0 Å². The zero-order chi connectivity index (χ0) is 15.2. The molecule has 7 nitrogen and oxygen atoms in total. The molecule has 0 saturated heterocycles. The molecule has 4 N–H and O–H groups in total. The highest BCUT2D eigenvalue weighted by atomic mass is 16.5. The minimum absolute atomic E-state index is 0.193. The number of hydrogen-bond acceptors (Lipinski definition) is 5. The number of hydrogen-bond donors (Lipinski definition) is 3. The number of esters is 1. The maximum absolute atomic E-state index is 12.0. The van der Waals surface area contributed by atoms with Crippen molar-refractivity contribution in [2.45, 2.75) is 51.1 Å². The van der Waals surface area contributed by atoms with E-state index in [1.165, 1.54) is 6.92 Å². The summed E-state index contributed by atoms with van der Waals surface area (Å²) in [4.78, 5) is 35.2. The van der Waals surface area contributed by atoms with Gasteiger partial charge >= 0.3 is 5.97 Å². The number of carbonyl (C=O) groups is 3. The largest absolute Gasteiger partial charge is 0.464 e. The molecule has 0 aromatic carbocycles. The molecule has 0 radical (unpaired) electrons. The van der Waals surface area contributed by atoms with E-state index in [-0.39, 0.29) is 13.2 Å². The normalized spacial score (nSPS) is 18.1. The van der Waals surface area contributed by atoms with Crippen molar-refractivity contribution in [2.24, 2.45) is 5.73 Å². The first kappa shape index (κ1) is 16.4. The van der Waals surface area contributed by atoms with Gasteiger partial charge in [-0.05, 0) is 26.7 Å². The molecule has 20 heavy (non-hydrogen) atoms. The maximum Gasteiger partial charge on any atom is 0.331 e. The highest BCUT2D eigenvalue weighted by molar-refractivity contribution is 5.91. The van der Waals surface area contributed by atoms with Crippen LogP contribution in [0.1, 0.15) is 39.5 Å². The molecule has 0 aliphatic heterocycles. The predicted octanol–water partition coefficient (Wildman–Crippen LogP) is -0.558. The molecule has 1 saturated carbocycles. The van der Waals surface area contributed by atoms with E-state index in [4.69, 9.17) is 10.5 Å². The summed E-state index contributed by atoms with van der Waals surface area (Å²) in [5, 5.41) is 5.12. The summed E-state index contributed by atoms with van der Waals surface area (Å²) in [6, 6.07) is -0.673. The zero-order valence-corrected chi connectivity index (χ0v) is 12.0. The molecule has 0 spiro atoms. The van der Waals surface area contributed by atoms with Gasteiger partial charge in [0.2, 0.25) is 11.8 Å². The van der Waals surface area contributed by atoms with Gasteiger partial charge in [-0.1, -0.05) is 12.8 Å². The van der Waals surface area contributed by atoms with E-state index in [9.17, 15) is 14.4 Å². The molecule has 1 fully saturated rings. The Kier molecular flexibility index (Phi) is 5.94. The third kappa shape index (κ3) is 4.19. The van der Waals surface area contributed by atoms with E-state index in [0.29, 0.717) is 12.8 Å². The van der Waals surface area contributed by atoms with Gasteiger partial charge in [0.1, 0.15) is 5.54 Å². The summed E-state index contributed by atoms with van der Waals surface area (Å²) in [7, 11) is 0. The highest BCUT2D eigenvalue weighted by Gasteiger charge is 2.43. The summed E-state index contributed by atoms with van der Waals surface area (Å²) in [5.74, 6) is -1.21. The Morgan fingerprint density at radius 2 is 1.90 bits per heavy atom. The Bertz CT molecular complexity index is 376. The molecule has 7 heteroatoms. The van der Waals surface area contributed by atoms with Crippen LogP contribution in [0.25, 0.3) is 0 Å². The lowest BCUT2D eigenvalue weighted by molar-refractivity contribution is -0.153. The Morgan fingerprint density at radius 3 is 2.40 bits per heavy atom. The van der Waals surface area contributed by atoms with Crippen LogP contribution in [0.3, 0.4) is 0 Å². The van der Waals surface area contributed by atoms with Crippen molar-refractivity contribution in [3.05, 3.63) is 0 Å². The van der Waals surface area contributed by atoms with Crippen LogP contribution in [0, 0.1) is 0 Å². The van der Waals surface area contributed by atoms with Crippen LogP contribution in [0.4, 0.5) is 0 Å². The molecule has 0 aromatic rings. The number of ether oxygens (including phenoxy) is 1. The van der Waals surface area contributed by atoms with Crippen molar-refractivity contribution in [1.29, 1.82) is 0 Å². The van der Waals surface area contributed by atoms with Crippen LogP contribution < -0.4 is 16.4 Å². The van der Waals surface area contributed by atoms with Crippen molar-refractivity contribution in [1.82, 2.24) is 10.6 Å². The third-order valence-corrected chi connectivity index (χ3v) is 3.34. The van der Waals surface area contributed by atoms with Crippen LogP contribution in [0.5, 0.6) is 0 Å². The molecule has 1 rings (SSSR count). The first-order valence-corrected chi connectivity index (χ1v) is 6.93. The molecule has 0 bridgehead atoms. The molecule has 0 unspecified atom stereocenters. The van der Waals surface area contributed by atoms with E-state index >= 15 is 0 Å². The van der Waals surface area contributed by atoms with E-state index in [1.807, 2.05) is 0 Å². The van der Waals surface area contributed by atoms with Gasteiger partial charge in [0.15, 0.2) is 0 Å². The molecular weight excluding hydrogens is 262 g/mol. The lowest BCUT2D eigenvalue weighted by Gasteiger charge is -2.27. The Balaban J connectivity index is 2.56. The minimum atomic E-state index is -0.938. The van der Waals surface area contributed by atoms with Gasteiger partial charge in [-0.2, -0.15) is 0 Å². The molecule has 1 atom stereocenters. The second kappa shape index (κ2) is 7.23. The zero-order valence-electron chi connectivity index (χ0n) is 12.0. The smallest absolute Gasteiger partial charge is 0.331 e. The Morgan fingerprint density at radius 1 is 1.30 bits per heavy atom. The quantitative estimate of drug-likeness (QED) is 0.567. The van der Waals surface area contributed by atoms with Crippen molar-refractivity contribution < 1.29 is 19.1 Å². The van der Waals surface area contributed by atoms with Gasteiger partial charge in [-0.15, -0.1) is 0 Å². The summed E-state index contributed by atoms with van der Waals surface area (Å²) >= 11 is 0. The van der Waals surface area contributed by atoms with Crippen molar-refractivity contribution in [3.8, 4) is 0 Å². The molecule has 114 valence electrons. The highest BCUT2D eigenvalue weighted by Crippen LogP contribution is 2.30. The number of carbonyl (C=O) groups excluding carboxylic acids is 3. The van der Waals surface area contributed by atoms with Gasteiger partial charge in [0, 0.05) is 0 Å². The number of rotatable bonds is 6. The lowest BCUT2D eigenvalue weighted by atomic mass is 9.97. The van der Waals surface area contributed by atoms with Crippen LogP contribution in [-0.4, -0.2) is 42.5 Å². The molecule has 2 amide bonds. The third-order valence-electron chi connectivity index (χ3n) is 3.34. The topological polar surface area (TPSA) is 111 Å². The average molecular weight is 285 g/mol. The standard InChI is InChI=1S/C13H23N3O4/c1-3-20-12(19)13(6-4-5-7-13)16-10(17)8-15-11(18)9(2)14/h9H,3-8,14H2,1-2H3,(H,15,18)(H,16,17)/t9-/m0/s1. The number of nitrogens with one attached hydrogen (secondary N) is 2. The predicted molar refractivity (Wildman–Crippen MR) is 72.6 cm³/mol. The second-order valence-corrected chi connectivity index (χ2v) is 5.06. The van der Waals surface area contributed by atoms with Gasteiger partial charge in [-0.3, -0.25) is 9.59 Å². The molecule has 1 aliphatic carbocycles. The lowest BCUT2D eigenvalue weighted by Crippen LogP contribution is -2.56. The van der Waals surface area contributed by atoms with E-state index in [1.54, 1.807) is 6.92 Å². The van der Waals surface area contributed by atoms with E-state index in [0.717, 1.165) is 12.8 Å². The average Bonchev–Trinajstić information content (AvgIpc) is 2.85. The summed E-state index contributed by atoms with van der Waals surface area (Å²) in [6.07, 6.45) is 2.87. The van der Waals surface area contributed by atoms with E-state index < -0.39 is 29.4 Å². The Hall–Kier alpha value is -1.63. The van der Waals surface area contributed by atoms with Gasteiger partial charge in [-0.25, -0.2) is 4.79 Å². The second-order valence-electron chi connectivity index (χ2n) is 5.06. The van der Waals surface area contributed by atoms with Crippen LogP contribution in [-0.2, 0) is 19.1 Å². The summed E-state index contributed by atoms with van der Waals surface area (Å²) < 4.78 is 5.03. The first-order valence-electron chi connectivity index (χ1n) is 6.93. The minimum Gasteiger partial charge on any atom is -0.464 e. The van der Waals surface area contributed by atoms with Gasteiger partial charge in [0.05, 0.1) is 19.2 Å². The van der Waals surface area contributed by atoms with Crippen molar-refractivity contribution >= 4 is 17.8 Å². The molecule has 0 aromatic heterocycles. The van der Waals surface area contributed by atoms with Crippen molar-refractivity contribution in [2.75, 3.05) is 13.2 Å². The van der Waals surface area contributed by atoms with Crippen LogP contribution in [0.2, 0.25) is 0 Å². The fourth-order valence-electron chi connectivity index (χ4n) is 2.27. The van der Waals surface area contributed by atoms with Gasteiger partial charge in [0.25, 0.3) is 0 Å². The molecule has 0 heterocycles. The summed E-state index contributed by atoms with van der Waals surface area (Å²) in [6.45, 7) is 3.34. The maximum atomic E-state index is 12.0. The van der Waals surface area contributed by atoms with Gasteiger partial charge < -0.3 is 21.1 Å². The monoisotopic (exact) mass is 285 g/mol. The Labute approximate surface area is 118 Å². The number of nitrogens with two attached hydrogens (primary N) is 1. The first-order chi connectivity index (χ1) is 9.41. The SMILES string of the molecule is CCOC(=O)C1(NC(=O)CNC(=O)[C@H](C)N)CCCC1. The number of amides is 2. The fraction of sp³-hybridized carbons (Fsp3) is 0.769. The summed E-state index contributed by atoms with van der Waals surface area (Å²) in [5.41, 5.74) is 4.44. The molecule has 1 aliphatic rings. The van der Waals surface area contributed by atoms with E-state index in [2.05, 4.69) is 10.6 Å². The molecular formula is C13H23N3O4.